The van der Waals surface area contributed by atoms with Crippen LogP contribution in [0, 0.1) is 0 Å². The first-order chi connectivity index (χ1) is 6.45. The highest BCUT2D eigenvalue weighted by molar-refractivity contribution is 4.96. The second-order valence-electron chi connectivity index (χ2n) is 3.03. The molecule has 2 nitrogen and oxygen atoms in total. The molecule has 5 heteroatoms. The van der Waals surface area contributed by atoms with Gasteiger partial charge in [-0.05, 0) is 18.5 Å². The van der Waals surface area contributed by atoms with Gasteiger partial charge in [0.15, 0.2) is 0 Å². The van der Waals surface area contributed by atoms with Gasteiger partial charge in [-0.3, -0.25) is 0 Å². The van der Waals surface area contributed by atoms with Crippen LogP contribution in [-0.4, -0.2) is 32.5 Å². The van der Waals surface area contributed by atoms with Crippen molar-refractivity contribution in [2.75, 3.05) is 26.3 Å². The summed E-state index contributed by atoms with van der Waals surface area (Å²) in [5, 5.41) is 3.02. The monoisotopic (exact) mass is 211 g/mol. The standard InChI is InChI=1S/C9H16F3NO/c1-3-4-13-5-8(2)6-14-7-9(10,11)12/h13H,2-7H2,1H3. The molecule has 0 spiro atoms. The molecule has 0 aliphatic carbocycles. The van der Waals surface area contributed by atoms with E-state index in [1.54, 1.807) is 0 Å². The Hall–Kier alpha value is -0.550. The van der Waals surface area contributed by atoms with Gasteiger partial charge in [-0.2, -0.15) is 13.2 Å². The first-order valence-corrected chi connectivity index (χ1v) is 4.47. The average Bonchev–Trinajstić information content (AvgIpc) is 2.02. The van der Waals surface area contributed by atoms with Gasteiger partial charge in [0, 0.05) is 6.54 Å². The van der Waals surface area contributed by atoms with Crippen molar-refractivity contribution in [1.29, 1.82) is 0 Å². The Balaban J connectivity index is 3.36. The molecular formula is C9H16F3NO. The lowest BCUT2D eigenvalue weighted by molar-refractivity contribution is -0.171. The summed E-state index contributed by atoms with van der Waals surface area (Å²) in [7, 11) is 0. The van der Waals surface area contributed by atoms with Crippen molar-refractivity contribution in [2.45, 2.75) is 19.5 Å². The van der Waals surface area contributed by atoms with Crippen LogP contribution in [0.3, 0.4) is 0 Å². The van der Waals surface area contributed by atoms with Crippen molar-refractivity contribution >= 4 is 0 Å². The van der Waals surface area contributed by atoms with E-state index in [-0.39, 0.29) is 6.61 Å². The van der Waals surface area contributed by atoms with E-state index in [0.29, 0.717) is 12.1 Å². The molecule has 1 N–H and O–H groups in total. The number of hydrogen-bond acceptors (Lipinski definition) is 2. The molecule has 14 heavy (non-hydrogen) atoms. The second-order valence-corrected chi connectivity index (χ2v) is 3.03. The van der Waals surface area contributed by atoms with Gasteiger partial charge in [0.05, 0.1) is 6.61 Å². The first kappa shape index (κ1) is 13.4. The summed E-state index contributed by atoms with van der Waals surface area (Å²) in [4.78, 5) is 0. The van der Waals surface area contributed by atoms with E-state index in [2.05, 4.69) is 16.6 Å². The summed E-state index contributed by atoms with van der Waals surface area (Å²) >= 11 is 0. The predicted molar refractivity (Wildman–Crippen MR) is 49.2 cm³/mol. The number of hydrogen-bond donors (Lipinski definition) is 1. The predicted octanol–water partition coefficient (Wildman–Crippen LogP) is 2.12. The fourth-order valence-corrected chi connectivity index (χ4v) is 0.804. The number of halogens is 3. The number of nitrogens with one attached hydrogen (secondary N) is 1. The molecule has 0 saturated heterocycles. The van der Waals surface area contributed by atoms with E-state index in [4.69, 9.17) is 0 Å². The first-order valence-electron chi connectivity index (χ1n) is 4.47. The quantitative estimate of drug-likeness (QED) is 0.514. The minimum Gasteiger partial charge on any atom is -0.368 e. The Morgan fingerprint density at radius 2 is 2.07 bits per heavy atom. The Kier molecular flexibility index (Phi) is 6.57. The molecule has 0 heterocycles. The summed E-state index contributed by atoms with van der Waals surface area (Å²) in [6.45, 7) is 5.68. The molecule has 0 aliphatic rings. The molecule has 0 bridgehead atoms. The van der Waals surface area contributed by atoms with Gasteiger partial charge < -0.3 is 10.1 Å². The molecule has 0 fully saturated rings. The van der Waals surface area contributed by atoms with Gasteiger partial charge in [-0.25, -0.2) is 0 Å². The Labute approximate surface area is 82.1 Å². The van der Waals surface area contributed by atoms with Gasteiger partial charge in [-0.1, -0.05) is 13.5 Å². The lowest BCUT2D eigenvalue weighted by Gasteiger charge is -2.09. The van der Waals surface area contributed by atoms with Crippen LogP contribution in [0.25, 0.3) is 0 Å². The Morgan fingerprint density at radius 1 is 1.43 bits per heavy atom. The molecule has 0 saturated carbocycles. The third-order valence-electron chi connectivity index (χ3n) is 1.37. The van der Waals surface area contributed by atoms with Crippen LogP contribution >= 0.6 is 0 Å². The van der Waals surface area contributed by atoms with Crippen molar-refractivity contribution in [3.8, 4) is 0 Å². The van der Waals surface area contributed by atoms with Crippen LogP contribution in [0.2, 0.25) is 0 Å². The molecule has 0 unspecified atom stereocenters. The third kappa shape index (κ3) is 9.54. The maximum absolute atomic E-state index is 11.6. The van der Waals surface area contributed by atoms with Gasteiger partial charge in [0.1, 0.15) is 6.61 Å². The largest absolute Gasteiger partial charge is 0.411 e. The topological polar surface area (TPSA) is 21.3 Å². The molecule has 0 aliphatic heterocycles. The van der Waals surface area contributed by atoms with E-state index in [0.717, 1.165) is 13.0 Å². The Bertz CT molecular complexity index is 168. The van der Waals surface area contributed by atoms with Gasteiger partial charge in [0.2, 0.25) is 0 Å². The molecule has 0 rings (SSSR count). The smallest absolute Gasteiger partial charge is 0.368 e. The average molecular weight is 211 g/mol. The molecule has 84 valence electrons. The zero-order valence-corrected chi connectivity index (χ0v) is 8.28. The third-order valence-corrected chi connectivity index (χ3v) is 1.37. The minimum absolute atomic E-state index is 0.0454. The van der Waals surface area contributed by atoms with Crippen molar-refractivity contribution in [3.63, 3.8) is 0 Å². The molecule has 0 amide bonds. The molecule has 0 aromatic heterocycles. The number of rotatable bonds is 7. The van der Waals surface area contributed by atoms with Gasteiger partial charge in [-0.15, -0.1) is 0 Å². The zero-order chi connectivity index (χ0) is 11.0. The summed E-state index contributed by atoms with van der Waals surface area (Å²) in [5.41, 5.74) is 0.628. The van der Waals surface area contributed by atoms with E-state index in [1.807, 2.05) is 6.92 Å². The molecule has 0 aromatic carbocycles. The van der Waals surface area contributed by atoms with Crippen LogP contribution in [0.15, 0.2) is 12.2 Å². The molecular weight excluding hydrogens is 195 g/mol. The van der Waals surface area contributed by atoms with E-state index in [9.17, 15) is 13.2 Å². The minimum atomic E-state index is -4.25. The van der Waals surface area contributed by atoms with E-state index in [1.165, 1.54) is 0 Å². The van der Waals surface area contributed by atoms with Crippen LogP contribution in [0.4, 0.5) is 13.2 Å². The van der Waals surface area contributed by atoms with E-state index < -0.39 is 12.8 Å². The summed E-state index contributed by atoms with van der Waals surface area (Å²) in [5.74, 6) is 0. The maximum Gasteiger partial charge on any atom is 0.411 e. The summed E-state index contributed by atoms with van der Waals surface area (Å²) in [6, 6.07) is 0. The fraction of sp³-hybridized carbons (Fsp3) is 0.778. The molecule has 0 aromatic rings. The highest BCUT2D eigenvalue weighted by Gasteiger charge is 2.27. The number of alkyl halides is 3. The number of ether oxygens (including phenoxy) is 1. The molecule has 0 radical (unpaired) electrons. The van der Waals surface area contributed by atoms with Crippen LogP contribution in [0.5, 0.6) is 0 Å². The Morgan fingerprint density at radius 3 is 2.57 bits per heavy atom. The van der Waals surface area contributed by atoms with E-state index >= 15 is 0 Å². The summed E-state index contributed by atoms with van der Waals surface area (Å²) in [6.07, 6.45) is -3.27. The van der Waals surface area contributed by atoms with Crippen LogP contribution < -0.4 is 5.32 Å². The van der Waals surface area contributed by atoms with Crippen LogP contribution in [0.1, 0.15) is 13.3 Å². The lowest BCUT2D eigenvalue weighted by Crippen LogP contribution is -2.22. The van der Waals surface area contributed by atoms with Crippen molar-refractivity contribution < 1.29 is 17.9 Å². The second kappa shape index (κ2) is 6.84. The fourth-order valence-electron chi connectivity index (χ4n) is 0.804. The van der Waals surface area contributed by atoms with Crippen molar-refractivity contribution in [1.82, 2.24) is 5.32 Å². The highest BCUT2D eigenvalue weighted by atomic mass is 19.4. The van der Waals surface area contributed by atoms with Crippen molar-refractivity contribution in [3.05, 3.63) is 12.2 Å². The van der Waals surface area contributed by atoms with Crippen molar-refractivity contribution in [2.24, 2.45) is 0 Å². The summed E-state index contributed by atoms with van der Waals surface area (Å²) < 4.78 is 39.4. The molecule has 0 atom stereocenters. The maximum atomic E-state index is 11.6. The normalized spacial score (nSPS) is 11.7. The SMILES string of the molecule is C=C(CNCCC)COCC(F)(F)F. The zero-order valence-electron chi connectivity index (χ0n) is 8.28. The highest BCUT2D eigenvalue weighted by Crippen LogP contribution is 2.14. The lowest BCUT2D eigenvalue weighted by atomic mass is 10.3. The van der Waals surface area contributed by atoms with Crippen LogP contribution in [-0.2, 0) is 4.74 Å². The van der Waals surface area contributed by atoms with Gasteiger partial charge >= 0.3 is 6.18 Å². The van der Waals surface area contributed by atoms with Gasteiger partial charge in [0.25, 0.3) is 0 Å².